The number of hydrogen-bond donors (Lipinski definition) is 3. The fraction of sp³-hybridized carbons (Fsp3) is 0.500. The summed E-state index contributed by atoms with van der Waals surface area (Å²) in [6, 6.07) is 12.5. The molecule has 0 atom stereocenters. The molecule has 0 unspecified atom stereocenters. The van der Waals surface area contributed by atoms with Crippen LogP contribution in [0.1, 0.15) is 29.0 Å². The first-order valence-electron chi connectivity index (χ1n) is 15.1. The molecule has 0 radical (unpaired) electrons. The Morgan fingerprint density at radius 3 is 2.53 bits per heavy atom. The number of nitrogens with two attached hydrogens (primary N) is 1. The number of rotatable bonds is 10. The molecule has 2 aliphatic rings. The summed E-state index contributed by atoms with van der Waals surface area (Å²) in [6.45, 7) is 8.29. The Bertz CT molecular complexity index is 1660. The average Bonchev–Trinajstić information content (AvgIpc) is 3.56. The summed E-state index contributed by atoms with van der Waals surface area (Å²) in [7, 11) is 1.94. The number of piperazine rings is 1. The van der Waals surface area contributed by atoms with E-state index in [1.165, 1.54) is 11.6 Å². The van der Waals surface area contributed by atoms with E-state index in [1.807, 2.05) is 13.1 Å². The number of likely N-dealkylation sites (tertiary alicyclic amines) is 1. The molecule has 10 nitrogen and oxygen atoms in total. The highest BCUT2D eigenvalue weighted by Gasteiger charge is 2.29. The van der Waals surface area contributed by atoms with Crippen molar-refractivity contribution < 1.29 is 13.2 Å². The molecule has 45 heavy (non-hydrogen) atoms. The van der Waals surface area contributed by atoms with Gasteiger partial charge in [0.25, 0.3) is 0 Å². The molecule has 240 valence electrons. The molecular weight excluding hydrogens is 622 g/mol. The first-order chi connectivity index (χ1) is 21.7. The van der Waals surface area contributed by atoms with Crippen molar-refractivity contribution in [1.29, 1.82) is 5.26 Å². The molecule has 4 N–H and O–H groups in total. The number of halogens is 3. The Balaban J connectivity index is 1.05. The summed E-state index contributed by atoms with van der Waals surface area (Å²) in [6.07, 6.45) is -3.54. The van der Waals surface area contributed by atoms with Crippen molar-refractivity contribution in [2.75, 3.05) is 63.9 Å². The monoisotopic (exact) mass is 658 g/mol. The normalized spacial score (nSPS) is 17.8. The summed E-state index contributed by atoms with van der Waals surface area (Å²) < 4.78 is 46.5. The van der Waals surface area contributed by atoms with Crippen molar-refractivity contribution in [2.45, 2.75) is 44.6 Å². The minimum atomic E-state index is -4.28. The van der Waals surface area contributed by atoms with Gasteiger partial charge in [-0.1, -0.05) is 6.07 Å². The van der Waals surface area contributed by atoms with Gasteiger partial charge in [0.15, 0.2) is 0 Å². The van der Waals surface area contributed by atoms with E-state index in [0.29, 0.717) is 21.7 Å². The van der Waals surface area contributed by atoms with E-state index in [2.05, 4.69) is 62.9 Å². The Morgan fingerprint density at radius 2 is 1.82 bits per heavy atom. The predicted octanol–water partition coefficient (Wildman–Crippen LogP) is 4.68. The summed E-state index contributed by atoms with van der Waals surface area (Å²) >= 11 is 2.67. The fourth-order valence-electron chi connectivity index (χ4n) is 6.24. The fourth-order valence-corrected chi connectivity index (χ4v) is 7.91. The van der Waals surface area contributed by atoms with Gasteiger partial charge in [0.2, 0.25) is 5.95 Å². The number of fused-ring (bicyclic) bond motifs is 2. The van der Waals surface area contributed by atoms with Crippen LogP contribution in [0.3, 0.4) is 0 Å². The molecular formula is C30H37F3N10S2. The van der Waals surface area contributed by atoms with Gasteiger partial charge in [-0.3, -0.25) is 14.5 Å². The van der Waals surface area contributed by atoms with Crippen molar-refractivity contribution in [3.8, 4) is 6.07 Å². The maximum atomic E-state index is 13.0. The number of nitrogens with zero attached hydrogens (tertiary/aromatic N) is 7. The van der Waals surface area contributed by atoms with E-state index in [9.17, 15) is 18.4 Å². The Labute approximate surface area is 268 Å². The molecule has 0 amide bonds. The quantitative estimate of drug-likeness (QED) is 0.208. The number of hydrogen-bond acceptors (Lipinski definition) is 11. The van der Waals surface area contributed by atoms with E-state index in [0.717, 1.165) is 94.0 Å². The van der Waals surface area contributed by atoms with Crippen LogP contribution in [0.4, 0.5) is 24.9 Å². The molecule has 2 fully saturated rings. The predicted molar refractivity (Wildman–Crippen MR) is 175 cm³/mol. The molecule has 0 aliphatic carbocycles. The number of nitrogen functional groups attached to an aromatic ring is 1. The lowest BCUT2D eigenvalue weighted by Crippen LogP contribution is -2.45. The van der Waals surface area contributed by atoms with E-state index < -0.39 is 12.6 Å². The smallest absolute Gasteiger partial charge is 0.368 e. The zero-order chi connectivity index (χ0) is 31.6. The van der Waals surface area contributed by atoms with E-state index >= 15 is 0 Å². The summed E-state index contributed by atoms with van der Waals surface area (Å²) in [4.78, 5) is 14.0. The van der Waals surface area contributed by atoms with Gasteiger partial charge in [0.1, 0.15) is 22.4 Å². The summed E-state index contributed by atoms with van der Waals surface area (Å²) in [5.41, 5.74) is 8.87. The van der Waals surface area contributed by atoms with Crippen molar-refractivity contribution in [3.63, 3.8) is 0 Å². The van der Waals surface area contributed by atoms with Crippen LogP contribution in [-0.2, 0) is 19.5 Å². The second-order valence-corrected chi connectivity index (χ2v) is 13.8. The van der Waals surface area contributed by atoms with Crippen molar-refractivity contribution in [2.24, 2.45) is 0 Å². The second kappa shape index (κ2) is 13.7. The average molecular weight is 659 g/mol. The number of aromatic nitrogens is 3. The molecule has 4 aromatic rings. The molecule has 2 saturated heterocycles. The number of anilines is 2. The van der Waals surface area contributed by atoms with Crippen LogP contribution in [0, 0.1) is 11.3 Å². The van der Waals surface area contributed by atoms with Crippen LogP contribution < -0.4 is 15.8 Å². The number of nitriles is 1. The molecule has 1 aromatic carbocycles. The van der Waals surface area contributed by atoms with Crippen LogP contribution in [0.15, 0.2) is 30.3 Å². The highest BCUT2D eigenvalue weighted by molar-refractivity contribution is 7.95. The van der Waals surface area contributed by atoms with E-state index in [4.69, 9.17) is 5.73 Å². The van der Waals surface area contributed by atoms with Gasteiger partial charge in [0.05, 0.1) is 11.8 Å². The van der Waals surface area contributed by atoms with Gasteiger partial charge in [-0.25, -0.2) is 9.29 Å². The first-order valence-corrected chi connectivity index (χ1v) is 16.7. The zero-order valence-electron chi connectivity index (χ0n) is 25.1. The molecule has 0 spiro atoms. The highest BCUT2D eigenvalue weighted by atomic mass is 32.2. The number of alkyl halides is 3. The Hall–Kier alpha value is -3.13. The third-order valence-corrected chi connectivity index (χ3v) is 10.3. The Morgan fingerprint density at radius 1 is 1.04 bits per heavy atom. The summed E-state index contributed by atoms with van der Waals surface area (Å²) in [5, 5.41) is 15.0. The summed E-state index contributed by atoms with van der Waals surface area (Å²) in [5.74, 6) is 0.549. The van der Waals surface area contributed by atoms with Gasteiger partial charge in [-0.2, -0.15) is 23.4 Å². The number of thiophene rings is 1. The Kier molecular flexibility index (Phi) is 9.69. The molecule has 0 bridgehead atoms. The lowest BCUT2D eigenvalue weighted by atomic mass is 10.0. The SMILES string of the molecule is CNSN1CCN(CCn2c(C#N)cc3cc(CN4CCC(Nc5nc(N)nc6sc(CC(F)(F)F)cc56)CC4)ccc32)CC1. The van der Waals surface area contributed by atoms with Gasteiger partial charge in [0, 0.05) is 92.9 Å². The van der Waals surface area contributed by atoms with Crippen LogP contribution in [0.2, 0.25) is 0 Å². The van der Waals surface area contributed by atoms with Crippen LogP contribution in [-0.4, -0.2) is 93.7 Å². The maximum Gasteiger partial charge on any atom is 0.393 e. The minimum absolute atomic E-state index is 0.0498. The lowest BCUT2D eigenvalue weighted by Gasteiger charge is -2.33. The number of benzene rings is 1. The molecule has 15 heteroatoms. The van der Waals surface area contributed by atoms with E-state index in [1.54, 1.807) is 12.1 Å². The van der Waals surface area contributed by atoms with Gasteiger partial charge < -0.3 is 15.6 Å². The third kappa shape index (κ3) is 7.82. The van der Waals surface area contributed by atoms with Crippen LogP contribution >= 0.6 is 23.5 Å². The molecule has 6 rings (SSSR count). The highest BCUT2D eigenvalue weighted by Crippen LogP contribution is 2.34. The molecule has 2 aliphatic heterocycles. The molecule has 3 aromatic heterocycles. The third-order valence-electron chi connectivity index (χ3n) is 8.44. The van der Waals surface area contributed by atoms with Crippen LogP contribution in [0.25, 0.3) is 21.1 Å². The second-order valence-electron chi connectivity index (χ2n) is 11.6. The van der Waals surface area contributed by atoms with E-state index in [-0.39, 0.29) is 16.9 Å². The molecule has 5 heterocycles. The standard InChI is InChI=1S/C30H37F3N10S2/c1-36-45-42-11-8-40(9-12-42)10-13-43-23(18-34)15-21-14-20(2-3-26(21)43)19-41-6-4-22(5-7-41)37-27-25-16-24(17-30(31,32)33)44-28(25)39-29(35)38-27/h2-3,14-16,22,36H,4-13,17,19H2,1H3,(H3,35,37,38,39). The zero-order valence-corrected chi connectivity index (χ0v) is 26.7. The minimum Gasteiger partial charge on any atom is -0.368 e. The lowest BCUT2D eigenvalue weighted by molar-refractivity contribution is -0.126. The van der Waals surface area contributed by atoms with Gasteiger partial charge in [-0.05, 0) is 49.7 Å². The topological polar surface area (TPSA) is 114 Å². The van der Waals surface area contributed by atoms with Crippen molar-refractivity contribution >= 4 is 56.4 Å². The number of nitrogens with one attached hydrogen (secondary N) is 2. The largest absolute Gasteiger partial charge is 0.393 e. The van der Waals surface area contributed by atoms with Gasteiger partial charge >= 0.3 is 6.18 Å². The molecule has 0 saturated carbocycles. The first kappa shape index (κ1) is 31.8. The van der Waals surface area contributed by atoms with Crippen molar-refractivity contribution in [1.82, 2.24) is 33.4 Å². The van der Waals surface area contributed by atoms with Gasteiger partial charge in [-0.15, -0.1) is 11.3 Å². The van der Waals surface area contributed by atoms with Crippen LogP contribution in [0.5, 0.6) is 0 Å². The number of piperidine rings is 1. The maximum absolute atomic E-state index is 13.0. The van der Waals surface area contributed by atoms with Crippen molar-refractivity contribution in [3.05, 3.63) is 46.5 Å².